The van der Waals surface area contributed by atoms with Crippen LogP contribution < -0.4 is 20.5 Å². The van der Waals surface area contributed by atoms with E-state index >= 15 is 0 Å². The number of primary amides is 1. The fraction of sp³-hybridized carbons (Fsp3) is 0.308. The van der Waals surface area contributed by atoms with Gasteiger partial charge in [-0.05, 0) is 49.6 Å². The third kappa shape index (κ3) is 6.39. The molecule has 0 aliphatic rings. The molecule has 0 saturated heterocycles. The van der Waals surface area contributed by atoms with Crippen molar-refractivity contribution in [2.24, 2.45) is 5.73 Å². The van der Waals surface area contributed by atoms with E-state index in [4.69, 9.17) is 15.2 Å². The standard InChI is InChI=1S/C26H30N4O4S/c1-26(2,13-18-14-28-25-22(34-17-24(27)32)9-5-11-30(18)25)29-15-19(31)16-33-21-8-4-3-7-20(21)23-10-6-12-35-23/h3-12,14,19,29,31H,13,15-17H2,1-2H3,(H2,27,32)/t19-/m0/s1. The number of hydrogen-bond donors (Lipinski definition) is 3. The van der Waals surface area contributed by atoms with Gasteiger partial charge in [-0.3, -0.25) is 4.79 Å². The number of nitrogens with two attached hydrogens (primary N) is 1. The summed E-state index contributed by atoms with van der Waals surface area (Å²) >= 11 is 1.65. The number of aliphatic hydroxyl groups is 1. The molecule has 1 atom stereocenters. The number of amides is 1. The first kappa shape index (κ1) is 24.7. The lowest BCUT2D eigenvalue weighted by Gasteiger charge is -2.28. The molecule has 0 unspecified atom stereocenters. The van der Waals surface area contributed by atoms with E-state index in [-0.39, 0.29) is 18.8 Å². The molecule has 1 amide bonds. The second-order valence-corrected chi connectivity index (χ2v) is 9.90. The first-order valence-corrected chi connectivity index (χ1v) is 12.3. The highest BCUT2D eigenvalue weighted by atomic mass is 32.1. The van der Waals surface area contributed by atoms with Gasteiger partial charge in [0.2, 0.25) is 0 Å². The second-order valence-electron chi connectivity index (χ2n) is 8.95. The summed E-state index contributed by atoms with van der Waals surface area (Å²) in [5, 5.41) is 16.0. The minimum atomic E-state index is -0.679. The van der Waals surface area contributed by atoms with Crippen molar-refractivity contribution in [1.29, 1.82) is 0 Å². The van der Waals surface area contributed by atoms with Crippen LogP contribution in [0.1, 0.15) is 19.5 Å². The van der Waals surface area contributed by atoms with Crippen molar-refractivity contribution >= 4 is 22.9 Å². The van der Waals surface area contributed by atoms with Crippen LogP contribution in [0.25, 0.3) is 16.1 Å². The Morgan fingerprint density at radius 1 is 1.17 bits per heavy atom. The van der Waals surface area contributed by atoms with Crippen molar-refractivity contribution in [1.82, 2.24) is 14.7 Å². The van der Waals surface area contributed by atoms with E-state index in [1.807, 2.05) is 52.4 Å². The summed E-state index contributed by atoms with van der Waals surface area (Å²) in [7, 11) is 0. The van der Waals surface area contributed by atoms with Crippen molar-refractivity contribution in [3.8, 4) is 21.9 Å². The summed E-state index contributed by atoms with van der Waals surface area (Å²) in [6.07, 6.45) is 3.67. The molecule has 0 bridgehead atoms. The quantitative estimate of drug-likeness (QED) is 0.279. The maximum absolute atomic E-state index is 11.1. The topological polar surface area (TPSA) is 111 Å². The van der Waals surface area contributed by atoms with Crippen LogP contribution in [0.4, 0.5) is 0 Å². The molecule has 0 aliphatic carbocycles. The number of hydrogen-bond acceptors (Lipinski definition) is 7. The summed E-state index contributed by atoms with van der Waals surface area (Å²) in [5.74, 6) is 0.716. The van der Waals surface area contributed by atoms with Crippen molar-refractivity contribution in [2.45, 2.75) is 31.9 Å². The fourth-order valence-corrected chi connectivity index (χ4v) is 4.57. The SMILES string of the molecule is CC(C)(Cc1cnc2c(OCC(N)=O)cccn12)NC[C@H](O)COc1ccccc1-c1cccs1. The van der Waals surface area contributed by atoms with Crippen LogP contribution in [-0.4, -0.2) is 51.8 Å². The molecule has 0 radical (unpaired) electrons. The van der Waals surface area contributed by atoms with Crippen molar-refractivity contribution < 1.29 is 19.4 Å². The molecule has 1 aromatic carbocycles. The van der Waals surface area contributed by atoms with Gasteiger partial charge >= 0.3 is 0 Å². The first-order valence-electron chi connectivity index (χ1n) is 11.4. The molecule has 0 spiro atoms. The van der Waals surface area contributed by atoms with Crippen LogP contribution in [-0.2, 0) is 11.2 Å². The van der Waals surface area contributed by atoms with Gasteiger partial charge < -0.3 is 30.0 Å². The van der Waals surface area contributed by atoms with E-state index in [1.165, 1.54) is 0 Å². The van der Waals surface area contributed by atoms with Crippen LogP contribution in [0.5, 0.6) is 11.5 Å². The van der Waals surface area contributed by atoms with Gasteiger partial charge in [0.1, 0.15) is 18.5 Å². The molecule has 4 rings (SSSR count). The molecular formula is C26H30N4O4S. The van der Waals surface area contributed by atoms with E-state index in [9.17, 15) is 9.90 Å². The van der Waals surface area contributed by atoms with Crippen LogP contribution in [0.2, 0.25) is 0 Å². The molecular weight excluding hydrogens is 464 g/mol. The number of carbonyl (C=O) groups excluding carboxylic acids is 1. The normalized spacial score (nSPS) is 12.5. The van der Waals surface area contributed by atoms with Crippen molar-refractivity contribution in [2.75, 3.05) is 19.8 Å². The lowest BCUT2D eigenvalue weighted by molar-refractivity contribution is -0.119. The molecule has 184 valence electrons. The molecule has 4 N–H and O–H groups in total. The van der Waals surface area contributed by atoms with Crippen molar-refractivity contribution in [3.63, 3.8) is 0 Å². The largest absolute Gasteiger partial charge is 0.490 e. The highest BCUT2D eigenvalue weighted by molar-refractivity contribution is 7.13. The zero-order valence-electron chi connectivity index (χ0n) is 19.8. The van der Waals surface area contributed by atoms with Gasteiger partial charge in [0.05, 0.1) is 0 Å². The Morgan fingerprint density at radius 3 is 2.74 bits per heavy atom. The van der Waals surface area contributed by atoms with Crippen molar-refractivity contribution in [3.05, 3.63) is 72.0 Å². The highest BCUT2D eigenvalue weighted by Gasteiger charge is 2.22. The summed E-state index contributed by atoms with van der Waals surface area (Å²) in [5.41, 5.74) is 7.48. The highest BCUT2D eigenvalue weighted by Crippen LogP contribution is 2.33. The van der Waals surface area contributed by atoms with Gasteiger partial charge in [-0.15, -0.1) is 11.3 Å². The zero-order valence-corrected chi connectivity index (χ0v) is 20.6. The molecule has 4 aromatic rings. The van der Waals surface area contributed by atoms with Gasteiger partial charge in [-0.2, -0.15) is 0 Å². The van der Waals surface area contributed by atoms with E-state index in [0.29, 0.717) is 24.4 Å². The van der Waals surface area contributed by atoms with E-state index < -0.39 is 12.0 Å². The Balaban J connectivity index is 1.34. The lowest BCUT2D eigenvalue weighted by Crippen LogP contribution is -2.46. The predicted octanol–water partition coefficient (Wildman–Crippen LogP) is 3.28. The number of aromatic nitrogens is 2. The maximum Gasteiger partial charge on any atom is 0.255 e. The number of para-hydroxylation sites is 1. The lowest BCUT2D eigenvalue weighted by atomic mass is 9.98. The summed E-state index contributed by atoms with van der Waals surface area (Å²) < 4.78 is 13.4. The minimum Gasteiger partial charge on any atom is -0.490 e. The average molecular weight is 495 g/mol. The number of thiophene rings is 1. The van der Waals surface area contributed by atoms with Gasteiger partial charge in [0, 0.05) is 47.0 Å². The second kappa shape index (κ2) is 10.9. The number of ether oxygens (including phenoxy) is 2. The Kier molecular flexibility index (Phi) is 7.70. The minimum absolute atomic E-state index is 0.182. The molecule has 0 fully saturated rings. The summed E-state index contributed by atoms with van der Waals surface area (Å²) in [6, 6.07) is 15.5. The summed E-state index contributed by atoms with van der Waals surface area (Å²) in [6.45, 7) is 4.49. The van der Waals surface area contributed by atoms with Crippen LogP contribution in [0, 0.1) is 0 Å². The van der Waals surface area contributed by atoms with E-state index in [1.54, 1.807) is 23.6 Å². The maximum atomic E-state index is 11.1. The van der Waals surface area contributed by atoms with Gasteiger partial charge in [0.15, 0.2) is 18.0 Å². The third-order valence-electron chi connectivity index (χ3n) is 5.49. The Hall–Kier alpha value is -3.40. The number of carbonyl (C=O) groups is 1. The molecule has 9 heteroatoms. The van der Waals surface area contributed by atoms with Crippen LogP contribution >= 0.6 is 11.3 Å². The summed E-state index contributed by atoms with van der Waals surface area (Å²) in [4.78, 5) is 16.6. The van der Waals surface area contributed by atoms with E-state index in [0.717, 1.165) is 21.9 Å². The number of β-amino-alcohol motifs (C(OH)–C–C–N with tert-alkyl or cyclic N) is 1. The number of pyridine rings is 1. The smallest absolute Gasteiger partial charge is 0.255 e. The molecule has 0 saturated carbocycles. The monoisotopic (exact) mass is 494 g/mol. The average Bonchev–Trinajstić information content (AvgIpc) is 3.51. The number of fused-ring (bicyclic) bond motifs is 1. The molecule has 8 nitrogen and oxygen atoms in total. The Bertz CT molecular complexity index is 1270. The molecule has 35 heavy (non-hydrogen) atoms. The first-order chi connectivity index (χ1) is 16.8. The third-order valence-corrected chi connectivity index (χ3v) is 6.39. The fourth-order valence-electron chi connectivity index (χ4n) is 3.81. The predicted molar refractivity (Wildman–Crippen MR) is 137 cm³/mol. The number of imidazole rings is 1. The molecule has 3 aromatic heterocycles. The molecule has 3 heterocycles. The number of benzene rings is 1. The number of rotatable bonds is 12. The number of nitrogens with one attached hydrogen (secondary N) is 1. The van der Waals surface area contributed by atoms with Crippen LogP contribution in [0.15, 0.2) is 66.3 Å². The Morgan fingerprint density at radius 2 is 1.97 bits per heavy atom. The number of nitrogens with zero attached hydrogens (tertiary/aromatic N) is 2. The number of aliphatic hydroxyl groups excluding tert-OH is 1. The molecule has 0 aliphatic heterocycles. The van der Waals surface area contributed by atoms with E-state index in [2.05, 4.69) is 30.2 Å². The van der Waals surface area contributed by atoms with Crippen LogP contribution in [0.3, 0.4) is 0 Å². The van der Waals surface area contributed by atoms with Gasteiger partial charge in [-0.25, -0.2) is 4.98 Å². The zero-order chi connectivity index (χ0) is 24.8. The Labute approximate surface area is 208 Å². The van der Waals surface area contributed by atoms with Gasteiger partial charge in [-0.1, -0.05) is 18.2 Å². The van der Waals surface area contributed by atoms with Gasteiger partial charge in [0.25, 0.3) is 5.91 Å².